The summed E-state index contributed by atoms with van der Waals surface area (Å²) in [4.78, 5) is 29.2. The Bertz CT molecular complexity index is 628. The molecule has 1 saturated carbocycles. The van der Waals surface area contributed by atoms with Gasteiger partial charge in [-0.1, -0.05) is 19.3 Å². The first kappa shape index (κ1) is 23.2. The number of hydrogen-bond acceptors (Lipinski definition) is 4. The van der Waals surface area contributed by atoms with E-state index in [4.69, 9.17) is 9.47 Å². The van der Waals surface area contributed by atoms with Gasteiger partial charge >= 0.3 is 6.03 Å². The summed E-state index contributed by atoms with van der Waals surface area (Å²) in [5.74, 6) is -0.0989. The zero-order valence-electron chi connectivity index (χ0n) is 18.1. The maximum Gasteiger partial charge on any atom is 0.318 e. The molecule has 1 fully saturated rings. The van der Waals surface area contributed by atoms with Gasteiger partial charge in [-0.25, -0.2) is 4.79 Å². The van der Waals surface area contributed by atoms with Crippen molar-refractivity contribution in [3.8, 4) is 0 Å². The molecule has 0 spiro atoms. The Labute approximate surface area is 174 Å². The lowest BCUT2D eigenvalue weighted by molar-refractivity contribution is -0.133. The third-order valence-corrected chi connectivity index (χ3v) is 5.43. The molecular formula is C21H36N4O4. The van der Waals surface area contributed by atoms with Crippen molar-refractivity contribution in [2.45, 2.75) is 44.7 Å². The fourth-order valence-corrected chi connectivity index (χ4v) is 3.58. The molecule has 164 valence electrons. The van der Waals surface area contributed by atoms with Gasteiger partial charge in [-0.05, 0) is 25.0 Å². The Kier molecular flexibility index (Phi) is 10.0. The Morgan fingerprint density at radius 3 is 2.34 bits per heavy atom. The van der Waals surface area contributed by atoms with Crippen molar-refractivity contribution in [1.29, 1.82) is 0 Å². The van der Waals surface area contributed by atoms with E-state index < -0.39 is 0 Å². The highest BCUT2D eigenvalue weighted by molar-refractivity contribution is 5.84. The zero-order valence-corrected chi connectivity index (χ0v) is 18.1. The molecule has 8 heteroatoms. The molecule has 0 saturated heterocycles. The van der Waals surface area contributed by atoms with E-state index in [9.17, 15) is 9.59 Å². The average molecular weight is 409 g/mol. The van der Waals surface area contributed by atoms with Gasteiger partial charge in [0.1, 0.15) is 6.54 Å². The predicted octanol–water partition coefficient (Wildman–Crippen LogP) is 1.99. The van der Waals surface area contributed by atoms with Gasteiger partial charge in [0, 0.05) is 52.3 Å². The molecular weight excluding hydrogens is 372 g/mol. The van der Waals surface area contributed by atoms with Crippen LogP contribution in [0.1, 0.15) is 37.8 Å². The van der Waals surface area contributed by atoms with E-state index in [2.05, 4.69) is 5.32 Å². The van der Waals surface area contributed by atoms with Gasteiger partial charge in [0.15, 0.2) is 0 Å². The van der Waals surface area contributed by atoms with Crippen molar-refractivity contribution in [3.63, 3.8) is 0 Å². The number of carbonyl (C=O) groups excluding carboxylic acids is 2. The molecule has 29 heavy (non-hydrogen) atoms. The van der Waals surface area contributed by atoms with Crippen molar-refractivity contribution in [2.24, 2.45) is 7.05 Å². The molecule has 1 heterocycles. The van der Waals surface area contributed by atoms with Crippen molar-refractivity contribution in [1.82, 2.24) is 19.7 Å². The summed E-state index contributed by atoms with van der Waals surface area (Å²) in [5.41, 5.74) is 1.03. The standard InChI is InChI=1S/C21H36N4O4/c1-23-11-7-10-19(23)16-24(12-14-28-2)20(26)17-25(13-15-29-3)21(27)22-18-8-5-4-6-9-18/h7,10-11,18H,4-6,8-9,12-17H2,1-3H3,(H,22,27). The minimum Gasteiger partial charge on any atom is -0.383 e. The van der Waals surface area contributed by atoms with E-state index >= 15 is 0 Å². The highest BCUT2D eigenvalue weighted by Crippen LogP contribution is 2.17. The number of hydrogen-bond donors (Lipinski definition) is 1. The van der Waals surface area contributed by atoms with Gasteiger partial charge in [0.2, 0.25) is 5.91 Å². The van der Waals surface area contributed by atoms with Crippen molar-refractivity contribution in [3.05, 3.63) is 24.0 Å². The number of amides is 3. The van der Waals surface area contributed by atoms with E-state index in [0.29, 0.717) is 32.8 Å². The number of carbonyl (C=O) groups is 2. The largest absolute Gasteiger partial charge is 0.383 e. The maximum absolute atomic E-state index is 13.1. The van der Waals surface area contributed by atoms with E-state index in [1.165, 1.54) is 6.42 Å². The van der Waals surface area contributed by atoms with Crippen LogP contribution in [0, 0.1) is 0 Å². The number of nitrogens with one attached hydrogen (secondary N) is 1. The Morgan fingerprint density at radius 2 is 1.76 bits per heavy atom. The SMILES string of the molecule is COCCN(Cc1cccn1C)C(=O)CN(CCOC)C(=O)NC1CCCCC1. The summed E-state index contributed by atoms with van der Waals surface area (Å²) in [5, 5.41) is 3.10. The number of nitrogens with zero attached hydrogens (tertiary/aromatic N) is 3. The highest BCUT2D eigenvalue weighted by atomic mass is 16.5. The number of aromatic nitrogens is 1. The molecule has 1 aliphatic carbocycles. The lowest BCUT2D eigenvalue weighted by Gasteiger charge is -2.30. The smallest absolute Gasteiger partial charge is 0.318 e. The first-order valence-corrected chi connectivity index (χ1v) is 10.5. The second-order valence-electron chi connectivity index (χ2n) is 7.62. The zero-order chi connectivity index (χ0) is 21.1. The van der Waals surface area contributed by atoms with Gasteiger partial charge in [-0.3, -0.25) is 4.79 Å². The Hall–Kier alpha value is -2.06. The molecule has 8 nitrogen and oxygen atoms in total. The van der Waals surface area contributed by atoms with E-state index in [0.717, 1.165) is 31.4 Å². The van der Waals surface area contributed by atoms with E-state index in [1.54, 1.807) is 24.0 Å². The van der Waals surface area contributed by atoms with Crippen LogP contribution in [0.2, 0.25) is 0 Å². The molecule has 0 bridgehead atoms. The number of rotatable bonds is 11. The summed E-state index contributed by atoms with van der Waals surface area (Å²) < 4.78 is 12.3. The van der Waals surface area contributed by atoms with Crippen molar-refractivity contribution >= 4 is 11.9 Å². The van der Waals surface area contributed by atoms with Gasteiger partial charge in [-0.2, -0.15) is 0 Å². The molecule has 0 aromatic carbocycles. The molecule has 1 aliphatic rings. The van der Waals surface area contributed by atoms with Crippen LogP contribution in [0.4, 0.5) is 4.79 Å². The monoisotopic (exact) mass is 408 g/mol. The van der Waals surface area contributed by atoms with Gasteiger partial charge < -0.3 is 29.2 Å². The summed E-state index contributed by atoms with van der Waals surface area (Å²) >= 11 is 0. The average Bonchev–Trinajstić information content (AvgIpc) is 3.13. The number of aryl methyl sites for hydroxylation is 1. The van der Waals surface area contributed by atoms with Crippen LogP contribution in [0.3, 0.4) is 0 Å². The number of ether oxygens (including phenoxy) is 2. The molecule has 1 aromatic heterocycles. The van der Waals surface area contributed by atoms with Gasteiger partial charge in [-0.15, -0.1) is 0 Å². The van der Waals surface area contributed by atoms with Crippen LogP contribution >= 0.6 is 0 Å². The number of urea groups is 1. The molecule has 0 atom stereocenters. The van der Waals surface area contributed by atoms with Crippen LogP contribution in [0.5, 0.6) is 0 Å². The summed E-state index contributed by atoms with van der Waals surface area (Å²) in [7, 11) is 5.17. The Morgan fingerprint density at radius 1 is 1.10 bits per heavy atom. The van der Waals surface area contributed by atoms with Gasteiger partial charge in [0.05, 0.1) is 19.8 Å². The fraction of sp³-hybridized carbons (Fsp3) is 0.714. The summed E-state index contributed by atoms with van der Waals surface area (Å²) in [6.45, 7) is 2.19. The van der Waals surface area contributed by atoms with Gasteiger partial charge in [0.25, 0.3) is 0 Å². The summed E-state index contributed by atoms with van der Waals surface area (Å²) in [6.07, 6.45) is 7.48. The van der Waals surface area contributed by atoms with E-state index in [1.807, 2.05) is 29.9 Å². The minimum absolute atomic E-state index is 0.0239. The second-order valence-corrected chi connectivity index (χ2v) is 7.62. The molecule has 1 N–H and O–H groups in total. The molecule has 0 aliphatic heterocycles. The molecule has 3 amide bonds. The molecule has 0 unspecified atom stereocenters. The normalized spacial score (nSPS) is 14.6. The first-order valence-electron chi connectivity index (χ1n) is 10.5. The molecule has 0 radical (unpaired) electrons. The molecule has 2 rings (SSSR count). The van der Waals surface area contributed by atoms with Crippen molar-refractivity contribution in [2.75, 3.05) is 47.1 Å². The Balaban J connectivity index is 2.01. The van der Waals surface area contributed by atoms with E-state index in [-0.39, 0.29) is 24.5 Å². The number of methoxy groups -OCH3 is 2. The quantitative estimate of drug-likeness (QED) is 0.608. The topological polar surface area (TPSA) is 76.0 Å². The third-order valence-electron chi connectivity index (χ3n) is 5.43. The van der Waals surface area contributed by atoms with Crippen LogP contribution in [-0.4, -0.2) is 79.4 Å². The van der Waals surface area contributed by atoms with Crippen molar-refractivity contribution < 1.29 is 19.1 Å². The highest BCUT2D eigenvalue weighted by Gasteiger charge is 2.24. The first-order chi connectivity index (χ1) is 14.0. The second kappa shape index (κ2) is 12.5. The summed E-state index contributed by atoms with van der Waals surface area (Å²) in [6, 6.07) is 3.96. The minimum atomic E-state index is -0.187. The van der Waals surface area contributed by atoms with Crippen LogP contribution in [0.25, 0.3) is 0 Å². The predicted molar refractivity (Wildman–Crippen MR) is 112 cm³/mol. The fourth-order valence-electron chi connectivity index (χ4n) is 3.58. The molecule has 1 aromatic rings. The maximum atomic E-state index is 13.1. The third kappa shape index (κ3) is 7.70. The lowest BCUT2D eigenvalue weighted by Crippen LogP contribution is -2.50. The lowest BCUT2D eigenvalue weighted by atomic mass is 9.96. The van der Waals surface area contributed by atoms with Crippen LogP contribution in [-0.2, 0) is 27.9 Å². The van der Waals surface area contributed by atoms with Crippen LogP contribution < -0.4 is 5.32 Å². The van der Waals surface area contributed by atoms with Crippen LogP contribution in [0.15, 0.2) is 18.3 Å².